The third kappa shape index (κ3) is 4.60. The maximum Gasteiger partial charge on any atom is 0.185 e. The normalized spacial score (nSPS) is 10.8. The first-order valence-corrected chi connectivity index (χ1v) is 9.51. The number of para-hydroxylation sites is 1. The minimum atomic E-state index is -0.109. The molecule has 4 heteroatoms. The number of rotatable bonds is 6. The molecule has 4 nitrogen and oxygen atoms in total. The summed E-state index contributed by atoms with van der Waals surface area (Å²) in [5.74, 6) is 0.628. The molecule has 4 aromatic rings. The first-order chi connectivity index (χ1) is 14.7. The Balaban J connectivity index is 1.36. The van der Waals surface area contributed by atoms with Crippen LogP contribution in [0.1, 0.15) is 27.2 Å². The van der Waals surface area contributed by atoms with E-state index in [-0.39, 0.29) is 5.78 Å². The van der Waals surface area contributed by atoms with Crippen molar-refractivity contribution in [1.82, 2.24) is 4.98 Å². The molecule has 0 atom stereocenters. The van der Waals surface area contributed by atoms with Crippen molar-refractivity contribution >= 4 is 22.8 Å². The maximum atomic E-state index is 12.2. The van der Waals surface area contributed by atoms with Gasteiger partial charge >= 0.3 is 0 Å². The summed E-state index contributed by atoms with van der Waals surface area (Å²) in [6.45, 7) is 0.386. The molecule has 0 radical (unpaired) electrons. The Morgan fingerprint density at radius 3 is 2.47 bits per heavy atom. The number of carbonyl (C=O) groups is 1. The van der Waals surface area contributed by atoms with Gasteiger partial charge in [-0.15, -0.1) is 0 Å². The van der Waals surface area contributed by atoms with Crippen LogP contribution in [0, 0.1) is 11.3 Å². The topological polar surface area (TPSA) is 63.0 Å². The number of benzene rings is 3. The van der Waals surface area contributed by atoms with Gasteiger partial charge in [-0.05, 0) is 60.2 Å². The number of aromatic nitrogens is 1. The lowest BCUT2D eigenvalue weighted by Gasteiger charge is -2.07. The van der Waals surface area contributed by atoms with Crippen molar-refractivity contribution in [2.24, 2.45) is 0 Å². The molecule has 0 saturated carbocycles. The zero-order valence-electron chi connectivity index (χ0n) is 16.2. The van der Waals surface area contributed by atoms with E-state index in [1.807, 2.05) is 66.7 Å². The Labute approximate surface area is 174 Å². The number of hydrogen-bond acceptors (Lipinski definition) is 4. The molecular weight excluding hydrogens is 372 g/mol. The average molecular weight is 390 g/mol. The highest BCUT2D eigenvalue weighted by Gasteiger charge is 2.03. The molecule has 30 heavy (non-hydrogen) atoms. The van der Waals surface area contributed by atoms with E-state index in [0.29, 0.717) is 17.7 Å². The van der Waals surface area contributed by atoms with E-state index >= 15 is 0 Å². The van der Waals surface area contributed by atoms with Crippen molar-refractivity contribution in [3.63, 3.8) is 0 Å². The van der Waals surface area contributed by atoms with Crippen LogP contribution in [-0.4, -0.2) is 10.8 Å². The Hall–Kier alpha value is -4.23. The molecule has 1 heterocycles. The smallest absolute Gasteiger partial charge is 0.185 e. The molecule has 144 valence electrons. The van der Waals surface area contributed by atoms with E-state index < -0.39 is 0 Å². The molecule has 0 aliphatic heterocycles. The minimum Gasteiger partial charge on any atom is -0.487 e. The molecule has 3 aromatic carbocycles. The Morgan fingerprint density at radius 2 is 1.70 bits per heavy atom. The Kier molecular flexibility index (Phi) is 5.63. The third-order valence-electron chi connectivity index (χ3n) is 4.65. The van der Waals surface area contributed by atoms with Gasteiger partial charge in [-0.1, -0.05) is 42.5 Å². The molecule has 0 saturated heterocycles. The molecule has 0 unspecified atom stereocenters. The van der Waals surface area contributed by atoms with Crippen LogP contribution in [0.25, 0.3) is 17.0 Å². The van der Waals surface area contributed by atoms with E-state index in [4.69, 9.17) is 10.00 Å². The van der Waals surface area contributed by atoms with Gasteiger partial charge < -0.3 is 4.74 Å². The van der Waals surface area contributed by atoms with Gasteiger partial charge in [-0.2, -0.15) is 5.26 Å². The maximum absolute atomic E-state index is 12.2. The molecule has 0 fully saturated rings. The van der Waals surface area contributed by atoms with Gasteiger partial charge in [-0.25, -0.2) is 4.98 Å². The quantitative estimate of drug-likeness (QED) is 0.318. The summed E-state index contributed by atoms with van der Waals surface area (Å²) in [5.41, 5.74) is 3.79. The molecule has 0 N–H and O–H groups in total. The highest BCUT2D eigenvalue weighted by molar-refractivity contribution is 6.06. The van der Waals surface area contributed by atoms with Crippen LogP contribution in [0.4, 0.5) is 0 Å². The van der Waals surface area contributed by atoms with Crippen LogP contribution in [0.3, 0.4) is 0 Å². The molecule has 0 aliphatic rings. The molecule has 0 spiro atoms. The van der Waals surface area contributed by atoms with Crippen LogP contribution < -0.4 is 4.74 Å². The van der Waals surface area contributed by atoms with Crippen molar-refractivity contribution in [2.75, 3.05) is 0 Å². The van der Waals surface area contributed by atoms with Gasteiger partial charge in [0.1, 0.15) is 12.4 Å². The van der Waals surface area contributed by atoms with E-state index in [2.05, 4.69) is 4.98 Å². The number of ketones is 1. The van der Waals surface area contributed by atoms with Gasteiger partial charge in [0, 0.05) is 10.9 Å². The fraction of sp³-hybridized carbons (Fsp3) is 0.0385. The lowest BCUT2D eigenvalue weighted by molar-refractivity contribution is 0.104. The number of fused-ring (bicyclic) bond motifs is 1. The average Bonchev–Trinajstić information content (AvgIpc) is 2.81. The van der Waals surface area contributed by atoms with Gasteiger partial charge in [-0.3, -0.25) is 4.79 Å². The third-order valence-corrected chi connectivity index (χ3v) is 4.65. The molecule has 1 aromatic heterocycles. The first-order valence-electron chi connectivity index (χ1n) is 9.51. The van der Waals surface area contributed by atoms with E-state index in [9.17, 15) is 4.79 Å². The lowest BCUT2D eigenvalue weighted by Crippen LogP contribution is -1.98. The zero-order valence-corrected chi connectivity index (χ0v) is 16.2. The van der Waals surface area contributed by atoms with Crippen LogP contribution >= 0.6 is 0 Å². The number of nitrogens with zero attached hydrogens (tertiary/aromatic N) is 2. The number of hydrogen-bond donors (Lipinski definition) is 0. The van der Waals surface area contributed by atoms with E-state index in [0.717, 1.165) is 27.9 Å². The fourth-order valence-corrected chi connectivity index (χ4v) is 3.00. The second-order valence-electron chi connectivity index (χ2n) is 6.74. The van der Waals surface area contributed by atoms with Gasteiger partial charge in [0.05, 0.1) is 22.8 Å². The predicted molar refractivity (Wildman–Crippen MR) is 117 cm³/mol. The number of ether oxygens (including phenoxy) is 1. The van der Waals surface area contributed by atoms with E-state index in [1.165, 1.54) is 6.08 Å². The van der Waals surface area contributed by atoms with Crippen LogP contribution in [0.2, 0.25) is 0 Å². The SMILES string of the molecule is N#Cc1ccc(C(=O)/C=C/c2ccc(OCc3ccc4ccccc4n3)cc2)cc1. The van der Waals surface area contributed by atoms with Crippen molar-refractivity contribution in [3.05, 3.63) is 113 Å². The monoisotopic (exact) mass is 390 g/mol. The summed E-state index contributed by atoms with van der Waals surface area (Å²) < 4.78 is 5.83. The van der Waals surface area contributed by atoms with Crippen LogP contribution in [-0.2, 0) is 6.61 Å². The minimum absolute atomic E-state index is 0.109. The number of carbonyl (C=O) groups excluding carboxylic acids is 1. The van der Waals surface area contributed by atoms with Gasteiger partial charge in [0.25, 0.3) is 0 Å². The molecular formula is C26H18N2O2. The highest BCUT2D eigenvalue weighted by Crippen LogP contribution is 2.17. The summed E-state index contributed by atoms with van der Waals surface area (Å²) >= 11 is 0. The molecule has 0 aliphatic carbocycles. The summed E-state index contributed by atoms with van der Waals surface area (Å²) in [6.07, 6.45) is 3.28. The zero-order chi connectivity index (χ0) is 20.8. The fourth-order valence-electron chi connectivity index (χ4n) is 3.00. The lowest BCUT2D eigenvalue weighted by atomic mass is 10.1. The second-order valence-corrected chi connectivity index (χ2v) is 6.74. The molecule has 0 bridgehead atoms. The second kappa shape index (κ2) is 8.85. The van der Waals surface area contributed by atoms with Crippen LogP contribution in [0.15, 0.2) is 91.0 Å². The summed E-state index contributed by atoms with van der Waals surface area (Å²) in [6, 6.07) is 28.1. The Bertz CT molecular complexity index is 1250. The Morgan fingerprint density at radius 1 is 0.933 bits per heavy atom. The van der Waals surface area contributed by atoms with Crippen LogP contribution in [0.5, 0.6) is 5.75 Å². The van der Waals surface area contributed by atoms with Crippen molar-refractivity contribution in [2.45, 2.75) is 6.61 Å². The largest absolute Gasteiger partial charge is 0.487 e. The van der Waals surface area contributed by atoms with Crippen molar-refractivity contribution in [3.8, 4) is 11.8 Å². The standard InChI is InChI=1S/C26H18N2O2/c27-17-20-5-10-22(11-6-20)26(29)16-9-19-7-14-24(15-8-19)30-18-23-13-12-21-3-1-2-4-25(21)28-23/h1-16H,18H2/b16-9+. The summed E-state index contributed by atoms with van der Waals surface area (Å²) in [4.78, 5) is 16.8. The molecule has 0 amide bonds. The summed E-state index contributed by atoms with van der Waals surface area (Å²) in [5, 5.41) is 9.93. The van der Waals surface area contributed by atoms with Crippen molar-refractivity contribution < 1.29 is 9.53 Å². The van der Waals surface area contributed by atoms with Gasteiger partial charge in [0.15, 0.2) is 5.78 Å². The predicted octanol–water partition coefficient (Wildman–Crippen LogP) is 5.58. The number of allylic oxidation sites excluding steroid dienone is 1. The van der Waals surface area contributed by atoms with Gasteiger partial charge in [0.2, 0.25) is 0 Å². The van der Waals surface area contributed by atoms with Crippen molar-refractivity contribution in [1.29, 1.82) is 5.26 Å². The highest BCUT2D eigenvalue weighted by atomic mass is 16.5. The summed E-state index contributed by atoms with van der Waals surface area (Å²) in [7, 11) is 0. The van der Waals surface area contributed by atoms with E-state index in [1.54, 1.807) is 30.3 Å². The number of pyridine rings is 1. The molecule has 4 rings (SSSR count). The first kappa shape index (κ1) is 19.1. The number of nitriles is 1.